The van der Waals surface area contributed by atoms with Gasteiger partial charge in [-0.25, -0.2) is 4.79 Å². The van der Waals surface area contributed by atoms with E-state index in [2.05, 4.69) is 20.4 Å². The van der Waals surface area contributed by atoms with Crippen LogP contribution in [-0.2, 0) is 12.8 Å². The van der Waals surface area contributed by atoms with Crippen molar-refractivity contribution in [3.63, 3.8) is 0 Å². The first-order valence-corrected chi connectivity index (χ1v) is 9.11. The van der Waals surface area contributed by atoms with Crippen molar-refractivity contribution in [3.8, 4) is 0 Å². The highest BCUT2D eigenvalue weighted by Crippen LogP contribution is 2.23. The Morgan fingerprint density at radius 1 is 0.933 bits per heavy atom. The second-order valence-electron chi connectivity index (χ2n) is 6.19. The van der Waals surface area contributed by atoms with Crippen LogP contribution in [0.1, 0.15) is 71.9 Å². The molecule has 164 valence electrons. The lowest BCUT2D eigenvalue weighted by atomic mass is 10.1. The van der Waals surface area contributed by atoms with Crippen LogP contribution in [0.2, 0.25) is 0 Å². The molecule has 0 spiro atoms. The molecule has 0 fully saturated rings. The summed E-state index contributed by atoms with van der Waals surface area (Å²) in [4.78, 5) is 41.5. The van der Waals surface area contributed by atoms with Gasteiger partial charge in [-0.15, -0.1) is 0 Å². The number of nitrogens with zero attached hydrogens (tertiary/aromatic N) is 4. The Kier molecular flexibility index (Phi) is 9.06. The third kappa shape index (κ3) is 6.08. The molecule has 0 unspecified atom stereocenters. The molecule has 2 aromatic rings. The third-order valence-electron chi connectivity index (χ3n) is 3.99. The van der Waals surface area contributed by atoms with Crippen LogP contribution in [-0.4, -0.2) is 47.2 Å². The van der Waals surface area contributed by atoms with E-state index in [1.165, 1.54) is 0 Å². The molecule has 0 aliphatic carbocycles. The average molecular weight is 425 g/mol. The standard InChI is InChI=1S/C8H12N4O3.C8H11N3O4/c1-2-3-4-5-7(12(14)15)6(8(9)13)11-10-5;1-2-3-4-5-7(11(14)15)6(8(12)13)10-9-5/h2-4H2,1H3,(H2,9,13)(H,10,11);2-4H2,1H3,(H,9,10)(H,12,13). The summed E-state index contributed by atoms with van der Waals surface area (Å²) in [6, 6.07) is 0. The lowest BCUT2D eigenvalue weighted by molar-refractivity contribution is -0.386. The number of amides is 1. The van der Waals surface area contributed by atoms with E-state index in [1.54, 1.807) is 0 Å². The van der Waals surface area contributed by atoms with Crippen molar-refractivity contribution in [2.75, 3.05) is 0 Å². The van der Waals surface area contributed by atoms with Gasteiger partial charge >= 0.3 is 17.3 Å². The molecule has 2 rings (SSSR count). The number of primary amides is 1. The fourth-order valence-electron chi connectivity index (χ4n) is 2.51. The van der Waals surface area contributed by atoms with Crippen LogP contribution in [0.25, 0.3) is 0 Å². The molecule has 0 aliphatic heterocycles. The van der Waals surface area contributed by atoms with E-state index in [-0.39, 0.29) is 17.1 Å². The van der Waals surface area contributed by atoms with E-state index < -0.39 is 33.1 Å². The predicted molar refractivity (Wildman–Crippen MR) is 103 cm³/mol. The highest BCUT2D eigenvalue weighted by atomic mass is 16.6. The minimum Gasteiger partial charge on any atom is -0.476 e. The molecule has 5 N–H and O–H groups in total. The number of hydrogen-bond donors (Lipinski definition) is 4. The maximum atomic E-state index is 10.8. The number of nitro groups is 2. The van der Waals surface area contributed by atoms with Crippen molar-refractivity contribution in [1.82, 2.24) is 20.4 Å². The van der Waals surface area contributed by atoms with Crippen LogP contribution >= 0.6 is 0 Å². The SMILES string of the molecule is CCCCc1[nH]nc(C(=O)O)c1[N+](=O)[O-].CCCCc1[nH]nc(C(N)=O)c1[N+](=O)[O-]. The normalized spacial score (nSPS) is 10.2. The molecule has 0 bridgehead atoms. The fraction of sp³-hybridized carbons (Fsp3) is 0.500. The first-order chi connectivity index (χ1) is 14.1. The zero-order valence-electron chi connectivity index (χ0n) is 16.5. The summed E-state index contributed by atoms with van der Waals surface area (Å²) in [5, 5.41) is 41.9. The van der Waals surface area contributed by atoms with Crippen LogP contribution in [0, 0.1) is 20.2 Å². The molecule has 1 amide bonds. The number of carbonyl (C=O) groups excluding carboxylic acids is 1. The highest BCUT2D eigenvalue weighted by Gasteiger charge is 2.28. The van der Waals surface area contributed by atoms with Gasteiger partial charge in [0.05, 0.1) is 9.85 Å². The smallest absolute Gasteiger partial charge is 0.363 e. The van der Waals surface area contributed by atoms with Crippen LogP contribution in [0.3, 0.4) is 0 Å². The number of rotatable bonds is 10. The van der Waals surface area contributed by atoms with Gasteiger partial charge in [0.1, 0.15) is 11.4 Å². The Hall–Kier alpha value is -3.84. The first kappa shape index (κ1) is 24.2. The van der Waals surface area contributed by atoms with Crippen molar-refractivity contribution >= 4 is 23.3 Å². The van der Waals surface area contributed by atoms with Crippen LogP contribution in [0.5, 0.6) is 0 Å². The topological polar surface area (TPSA) is 224 Å². The Balaban J connectivity index is 0.000000300. The van der Waals surface area contributed by atoms with E-state index >= 15 is 0 Å². The molecule has 0 atom stereocenters. The van der Waals surface area contributed by atoms with Crippen molar-refractivity contribution in [2.24, 2.45) is 5.73 Å². The van der Waals surface area contributed by atoms with Crippen LogP contribution in [0.4, 0.5) is 11.4 Å². The largest absolute Gasteiger partial charge is 0.476 e. The van der Waals surface area contributed by atoms with E-state index in [9.17, 15) is 29.8 Å². The first-order valence-electron chi connectivity index (χ1n) is 9.11. The van der Waals surface area contributed by atoms with E-state index in [0.717, 1.165) is 25.7 Å². The van der Waals surface area contributed by atoms with Crippen molar-refractivity contribution in [1.29, 1.82) is 0 Å². The maximum absolute atomic E-state index is 10.8. The molecular formula is C16H23N7O7. The maximum Gasteiger partial charge on any atom is 0.363 e. The summed E-state index contributed by atoms with van der Waals surface area (Å²) in [6.07, 6.45) is 4.25. The molecule has 0 aliphatic rings. The fourth-order valence-corrected chi connectivity index (χ4v) is 2.51. The Morgan fingerprint density at radius 2 is 1.33 bits per heavy atom. The van der Waals surface area contributed by atoms with E-state index in [4.69, 9.17) is 10.8 Å². The number of carboxylic acid groups (broad SMARTS) is 1. The van der Waals surface area contributed by atoms with Gasteiger partial charge in [-0.2, -0.15) is 10.2 Å². The number of unbranched alkanes of at least 4 members (excludes halogenated alkanes) is 2. The highest BCUT2D eigenvalue weighted by molar-refractivity contribution is 5.95. The van der Waals surface area contributed by atoms with Gasteiger partial charge in [0.15, 0.2) is 0 Å². The Bertz CT molecular complexity index is 845. The monoisotopic (exact) mass is 425 g/mol. The van der Waals surface area contributed by atoms with Crippen LogP contribution < -0.4 is 5.73 Å². The average Bonchev–Trinajstić information content (AvgIpc) is 3.29. The van der Waals surface area contributed by atoms with Gasteiger partial charge in [0.25, 0.3) is 5.91 Å². The van der Waals surface area contributed by atoms with E-state index in [0.29, 0.717) is 18.5 Å². The molecular weight excluding hydrogens is 402 g/mol. The Labute approximate surface area is 170 Å². The number of aromatic amines is 2. The summed E-state index contributed by atoms with van der Waals surface area (Å²) in [7, 11) is 0. The number of aryl methyl sites for hydroxylation is 2. The predicted octanol–water partition coefficient (Wildman–Crippen LogP) is 2.12. The minimum atomic E-state index is -1.39. The van der Waals surface area contributed by atoms with Gasteiger partial charge in [0.2, 0.25) is 11.4 Å². The second kappa shape index (κ2) is 11.2. The zero-order chi connectivity index (χ0) is 22.8. The number of carbonyl (C=O) groups is 2. The summed E-state index contributed by atoms with van der Waals surface area (Å²) in [5.74, 6) is -2.28. The lowest BCUT2D eigenvalue weighted by Crippen LogP contribution is -2.13. The van der Waals surface area contributed by atoms with Gasteiger partial charge in [-0.3, -0.25) is 35.2 Å². The second-order valence-corrected chi connectivity index (χ2v) is 6.19. The summed E-state index contributed by atoms with van der Waals surface area (Å²) >= 11 is 0. The minimum absolute atomic E-state index is 0.277. The number of nitrogens with one attached hydrogen (secondary N) is 2. The Morgan fingerprint density at radius 3 is 1.67 bits per heavy atom. The molecule has 0 saturated carbocycles. The number of nitrogens with two attached hydrogens (primary N) is 1. The summed E-state index contributed by atoms with van der Waals surface area (Å²) < 4.78 is 0. The summed E-state index contributed by atoms with van der Waals surface area (Å²) in [6.45, 7) is 3.91. The molecule has 30 heavy (non-hydrogen) atoms. The summed E-state index contributed by atoms with van der Waals surface area (Å²) in [5.41, 5.74) is 4.06. The molecule has 0 aromatic carbocycles. The number of aromatic carboxylic acids is 1. The van der Waals surface area contributed by atoms with Crippen molar-refractivity contribution < 1.29 is 24.5 Å². The van der Waals surface area contributed by atoms with Gasteiger partial charge in [0, 0.05) is 0 Å². The molecule has 2 heterocycles. The zero-order valence-corrected chi connectivity index (χ0v) is 16.5. The lowest BCUT2D eigenvalue weighted by Gasteiger charge is -1.95. The number of H-pyrrole nitrogens is 2. The molecule has 2 aromatic heterocycles. The quantitative estimate of drug-likeness (QED) is 0.322. The number of carboxylic acids is 1. The van der Waals surface area contributed by atoms with E-state index in [1.807, 2.05) is 13.8 Å². The third-order valence-corrected chi connectivity index (χ3v) is 3.99. The van der Waals surface area contributed by atoms with Crippen LogP contribution in [0.15, 0.2) is 0 Å². The van der Waals surface area contributed by atoms with Crippen molar-refractivity contribution in [3.05, 3.63) is 43.0 Å². The molecule has 0 saturated heterocycles. The molecule has 14 heteroatoms. The van der Waals surface area contributed by atoms with Gasteiger partial charge in [-0.05, 0) is 25.7 Å². The van der Waals surface area contributed by atoms with Gasteiger partial charge < -0.3 is 10.8 Å². The van der Waals surface area contributed by atoms with Gasteiger partial charge in [-0.1, -0.05) is 26.7 Å². The number of aromatic nitrogens is 4. The molecule has 14 nitrogen and oxygen atoms in total. The number of hydrogen-bond acceptors (Lipinski definition) is 8. The molecule has 0 radical (unpaired) electrons. The van der Waals surface area contributed by atoms with Crippen molar-refractivity contribution in [2.45, 2.75) is 52.4 Å².